The minimum Gasteiger partial charge on any atom is -0.497 e. The molecule has 1 heterocycles. The predicted molar refractivity (Wildman–Crippen MR) is 82.4 cm³/mol. The molecule has 1 atom stereocenters. The summed E-state index contributed by atoms with van der Waals surface area (Å²) in [6.07, 6.45) is 3.26. The first kappa shape index (κ1) is 16.8. The Morgan fingerprint density at radius 3 is 2.60 bits per heavy atom. The van der Waals surface area contributed by atoms with Gasteiger partial charge >= 0.3 is 0 Å². The Hall–Kier alpha value is -1.26. The molecule has 1 aliphatic heterocycles. The van der Waals surface area contributed by atoms with Crippen molar-refractivity contribution in [3.05, 3.63) is 29.8 Å². The highest BCUT2D eigenvalue weighted by Crippen LogP contribution is 2.14. The lowest BCUT2D eigenvalue weighted by Gasteiger charge is -2.27. The first-order valence-corrected chi connectivity index (χ1v) is 6.82. The number of nitrogens with zero attached hydrogens (tertiary/aromatic N) is 1. The van der Waals surface area contributed by atoms with Gasteiger partial charge < -0.3 is 15.0 Å². The van der Waals surface area contributed by atoms with Crippen molar-refractivity contribution >= 4 is 18.3 Å². The largest absolute Gasteiger partial charge is 0.497 e. The number of benzene rings is 1. The van der Waals surface area contributed by atoms with Crippen molar-refractivity contribution in [1.29, 1.82) is 0 Å². The minimum absolute atomic E-state index is 0. The maximum atomic E-state index is 12.3. The lowest BCUT2D eigenvalue weighted by molar-refractivity contribution is -0.133. The lowest BCUT2D eigenvalue weighted by atomic mass is 10.0. The molecule has 0 spiro atoms. The molecule has 1 aromatic rings. The van der Waals surface area contributed by atoms with E-state index in [0.29, 0.717) is 6.54 Å². The van der Waals surface area contributed by atoms with Crippen molar-refractivity contribution in [3.8, 4) is 5.75 Å². The Morgan fingerprint density at radius 1 is 1.35 bits per heavy atom. The second-order valence-electron chi connectivity index (χ2n) is 5.04. The number of amides is 1. The summed E-state index contributed by atoms with van der Waals surface area (Å²) >= 11 is 0. The molecule has 5 heteroatoms. The monoisotopic (exact) mass is 298 g/mol. The van der Waals surface area contributed by atoms with Gasteiger partial charge in [0, 0.05) is 13.6 Å². The summed E-state index contributed by atoms with van der Waals surface area (Å²) < 4.78 is 5.13. The zero-order valence-corrected chi connectivity index (χ0v) is 12.9. The average molecular weight is 299 g/mol. The number of hydrogen-bond donors (Lipinski definition) is 1. The van der Waals surface area contributed by atoms with Gasteiger partial charge in [-0.05, 0) is 37.1 Å². The number of nitrogens with one attached hydrogen (secondary N) is 1. The van der Waals surface area contributed by atoms with Crippen LogP contribution in [0, 0.1) is 0 Å². The third-order valence-corrected chi connectivity index (χ3v) is 3.56. The van der Waals surface area contributed by atoms with E-state index in [-0.39, 0.29) is 24.4 Å². The number of carbonyl (C=O) groups is 1. The van der Waals surface area contributed by atoms with E-state index >= 15 is 0 Å². The molecule has 2 rings (SSSR count). The molecule has 0 bridgehead atoms. The van der Waals surface area contributed by atoms with Gasteiger partial charge in [0.1, 0.15) is 5.75 Å². The maximum Gasteiger partial charge on any atom is 0.239 e. The lowest BCUT2D eigenvalue weighted by Crippen LogP contribution is -2.46. The first-order chi connectivity index (χ1) is 9.20. The van der Waals surface area contributed by atoms with Gasteiger partial charge in [0.05, 0.1) is 13.2 Å². The van der Waals surface area contributed by atoms with E-state index in [1.807, 2.05) is 31.3 Å². The summed E-state index contributed by atoms with van der Waals surface area (Å²) in [5.41, 5.74) is 1.12. The highest BCUT2D eigenvalue weighted by atomic mass is 35.5. The summed E-state index contributed by atoms with van der Waals surface area (Å²) in [5.74, 6) is 1.03. The Balaban J connectivity index is 0.00000200. The maximum absolute atomic E-state index is 12.3. The highest BCUT2D eigenvalue weighted by Gasteiger charge is 2.23. The topological polar surface area (TPSA) is 41.6 Å². The van der Waals surface area contributed by atoms with Crippen molar-refractivity contribution in [3.63, 3.8) is 0 Å². The normalized spacial score (nSPS) is 18.0. The number of likely N-dealkylation sites (N-methyl/N-ethyl adjacent to an activating group) is 1. The van der Waals surface area contributed by atoms with Gasteiger partial charge in [0.2, 0.25) is 5.91 Å². The quantitative estimate of drug-likeness (QED) is 0.927. The summed E-state index contributed by atoms with van der Waals surface area (Å²) in [4.78, 5) is 14.1. The molecule has 0 aliphatic carbocycles. The smallest absolute Gasteiger partial charge is 0.239 e. The van der Waals surface area contributed by atoms with Crippen molar-refractivity contribution in [2.75, 3.05) is 20.7 Å². The summed E-state index contributed by atoms with van der Waals surface area (Å²) in [6, 6.07) is 7.84. The fourth-order valence-corrected chi connectivity index (χ4v) is 2.41. The van der Waals surface area contributed by atoms with Crippen LogP contribution in [0.25, 0.3) is 0 Å². The fourth-order valence-electron chi connectivity index (χ4n) is 2.41. The molecule has 1 saturated heterocycles. The molecule has 1 fully saturated rings. The van der Waals surface area contributed by atoms with Crippen LogP contribution in [0.3, 0.4) is 0 Å². The summed E-state index contributed by atoms with van der Waals surface area (Å²) in [5, 5.41) is 3.29. The number of hydrogen-bond acceptors (Lipinski definition) is 3. The van der Waals surface area contributed by atoms with Gasteiger partial charge in [-0.15, -0.1) is 12.4 Å². The number of methoxy groups -OCH3 is 1. The van der Waals surface area contributed by atoms with Crippen LogP contribution >= 0.6 is 12.4 Å². The van der Waals surface area contributed by atoms with Gasteiger partial charge in [-0.25, -0.2) is 0 Å². The number of rotatable bonds is 4. The Kier molecular flexibility index (Phi) is 6.82. The molecule has 1 aliphatic rings. The fraction of sp³-hybridized carbons (Fsp3) is 0.533. The highest BCUT2D eigenvalue weighted by molar-refractivity contribution is 5.85. The van der Waals surface area contributed by atoms with Crippen LogP contribution in [-0.4, -0.2) is 37.6 Å². The number of carbonyl (C=O) groups excluding carboxylic acids is 1. The van der Waals surface area contributed by atoms with Crippen LogP contribution in [-0.2, 0) is 11.3 Å². The number of ether oxygens (including phenoxy) is 1. The second kappa shape index (κ2) is 8.12. The molecule has 1 N–H and O–H groups in total. The van der Waals surface area contributed by atoms with E-state index in [0.717, 1.165) is 30.7 Å². The van der Waals surface area contributed by atoms with Gasteiger partial charge in [0.15, 0.2) is 0 Å². The van der Waals surface area contributed by atoms with E-state index in [1.54, 1.807) is 12.0 Å². The van der Waals surface area contributed by atoms with Crippen molar-refractivity contribution < 1.29 is 9.53 Å². The third kappa shape index (κ3) is 4.39. The van der Waals surface area contributed by atoms with Crippen LogP contribution in [0.15, 0.2) is 24.3 Å². The van der Waals surface area contributed by atoms with Gasteiger partial charge in [0.25, 0.3) is 0 Å². The Morgan fingerprint density at radius 2 is 2.05 bits per heavy atom. The second-order valence-corrected chi connectivity index (χ2v) is 5.04. The molecule has 112 valence electrons. The van der Waals surface area contributed by atoms with Crippen molar-refractivity contribution in [2.24, 2.45) is 0 Å². The SMILES string of the molecule is COc1ccc(CN(C)C(=O)[C@H]2CCCCN2)cc1.Cl. The van der Waals surface area contributed by atoms with Crippen LogP contribution < -0.4 is 10.1 Å². The molecule has 0 radical (unpaired) electrons. The third-order valence-electron chi connectivity index (χ3n) is 3.56. The Labute approximate surface area is 126 Å². The predicted octanol–water partition coefficient (Wildman–Crippen LogP) is 2.22. The Bertz CT molecular complexity index is 416. The molecular formula is C15H23ClN2O2. The molecule has 1 aromatic carbocycles. The molecule has 1 amide bonds. The molecule has 0 unspecified atom stereocenters. The van der Waals surface area contributed by atoms with Gasteiger partial charge in [-0.1, -0.05) is 18.6 Å². The first-order valence-electron chi connectivity index (χ1n) is 6.82. The summed E-state index contributed by atoms with van der Waals surface area (Å²) in [6.45, 7) is 1.59. The van der Waals surface area contributed by atoms with E-state index in [9.17, 15) is 4.79 Å². The van der Waals surface area contributed by atoms with Gasteiger partial charge in [-0.3, -0.25) is 4.79 Å². The zero-order chi connectivity index (χ0) is 13.7. The summed E-state index contributed by atoms with van der Waals surface area (Å²) in [7, 11) is 3.52. The van der Waals surface area contributed by atoms with Crippen LogP contribution in [0.1, 0.15) is 24.8 Å². The van der Waals surface area contributed by atoms with Crippen LogP contribution in [0.2, 0.25) is 0 Å². The van der Waals surface area contributed by atoms with E-state index in [2.05, 4.69) is 5.32 Å². The standard InChI is InChI=1S/C15H22N2O2.ClH/c1-17(15(18)14-5-3-4-10-16-14)11-12-6-8-13(19-2)9-7-12;/h6-9,14,16H,3-5,10-11H2,1-2H3;1H/t14-;/m1./s1. The van der Waals surface area contributed by atoms with Crippen molar-refractivity contribution in [2.45, 2.75) is 31.8 Å². The molecule has 0 aromatic heterocycles. The molecule has 4 nitrogen and oxygen atoms in total. The van der Waals surface area contributed by atoms with E-state index in [4.69, 9.17) is 4.74 Å². The zero-order valence-electron chi connectivity index (χ0n) is 12.1. The minimum atomic E-state index is -0.00278. The average Bonchev–Trinajstić information content (AvgIpc) is 2.48. The van der Waals surface area contributed by atoms with Crippen LogP contribution in [0.4, 0.5) is 0 Å². The number of piperidine rings is 1. The number of halogens is 1. The molecular weight excluding hydrogens is 276 g/mol. The van der Waals surface area contributed by atoms with Crippen molar-refractivity contribution in [1.82, 2.24) is 10.2 Å². The van der Waals surface area contributed by atoms with E-state index < -0.39 is 0 Å². The van der Waals surface area contributed by atoms with Crippen LogP contribution in [0.5, 0.6) is 5.75 Å². The molecule has 20 heavy (non-hydrogen) atoms. The molecule has 0 saturated carbocycles. The van der Waals surface area contributed by atoms with Gasteiger partial charge in [-0.2, -0.15) is 0 Å². The van der Waals surface area contributed by atoms with E-state index in [1.165, 1.54) is 6.42 Å².